The van der Waals surface area contributed by atoms with E-state index in [0.29, 0.717) is 10.8 Å². The van der Waals surface area contributed by atoms with Crippen molar-refractivity contribution in [3.05, 3.63) is 83.4 Å². The zero-order chi connectivity index (χ0) is 18.4. The number of halogens is 1. The van der Waals surface area contributed by atoms with Crippen LogP contribution >= 0.6 is 11.6 Å². The smallest absolute Gasteiger partial charge is 0.147 e. The predicted molar refractivity (Wildman–Crippen MR) is 109 cm³/mol. The maximum absolute atomic E-state index is 6.00. The third-order valence-electron chi connectivity index (χ3n) is 4.00. The Morgan fingerprint density at radius 1 is 1.12 bits per heavy atom. The molecule has 0 radical (unpaired) electrons. The number of allylic oxidation sites excluding steroid dienone is 1. The number of benzene rings is 1. The molecule has 26 heavy (non-hydrogen) atoms. The van der Waals surface area contributed by atoms with Gasteiger partial charge in [-0.05, 0) is 43.2 Å². The summed E-state index contributed by atoms with van der Waals surface area (Å²) in [5, 5.41) is 7.07. The quantitative estimate of drug-likeness (QED) is 0.499. The van der Waals surface area contributed by atoms with Gasteiger partial charge in [-0.3, -0.25) is 4.98 Å². The number of pyridine rings is 1. The number of aromatic nitrogens is 1. The lowest BCUT2D eigenvalue weighted by Gasteiger charge is -2.26. The topological polar surface area (TPSA) is 40.9 Å². The summed E-state index contributed by atoms with van der Waals surface area (Å²) in [6.45, 7) is 6.27. The van der Waals surface area contributed by atoms with Gasteiger partial charge in [-0.1, -0.05) is 43.7 Å². The van der Waals surface area contributed by atoms with Crippen LogP contribution in [-0.2, 0) is 0 Å². The van der Waals surface area contributed by atoms with Crippen LogP contribution in [0.1, 0.15) is 37.3 Å². The Labute approximate surface area is 159 Å². The molecule has 1 aliphatic heterocycles. The molecule has 0 aliphatic carbocycles. The Kier molecular flexibility index (Phi) is 5.97. The first-order valence-corrected chi connectivity index (χ1v) is 9.05. The molecule has 0 amide bonds. The molecule has 0 saturated carbocycles. The van der Waals surface area contributed by atoms with Gasteiger partial charge in [0.2, 0.25) is 0 Å². The van der Waals surface area contributed by atoms with E-state index in [-0.39, 0.29) is 0 Å². The van der Waals surface area contributed by atoms with Crippen LogP contribution < -0.4 is 0 Å². The number of hydrazone groups is 1. The van der Waals surface area contributed by atoms with Crippen molar-refractivity contribution >= 4 is 29.2 Å². The van der Waals surface area contributed by atoms with Crippen molar-refractivity contribution in [1.29, 1.82) is 0 Å². The molecule has 1 aromatic heterocycles. The van der Waals surface area contributed by atoms with E-state index in [1.54, 1.807) is 17.4 Å². The standard InChI is InChI=1S/C21H21ClN4/c1-3-4-5-12-24-26-16(2)25-20(17-6-8-19(22)9-7-17)15-21(26)18-10-13-23-14-11-18/h6-15H,2-5H2,1H3/b24-12-. The summed E-state index contributed by atoms with van der Waals surface area (Å²) in [4.78, 5) is 8.74. The minimum Gasteiger partial charge on any atom is -0.265 e. The van der Waals surface area contributed by atoms with E-state index in [0.717, 1.165) is 41.8 Å². The lowest BCUT2D eigenvalue weighted by atomic mass is 10.0. The highest BCUT2D eigenvalue weighted by atomic mass is 35.5. The molecule has 3 rings (SSSR count). The molecule has 0 fully saturated rings. The zero-order valence-corrected chi connectivity index (χ0v) is 15.5. The van der Waals surface area contributed by atoms with Crippen molar-refractivity contribution in [2.45, 2.75) is 26.2 Å². The van der Waals surface area contributed by atoms with E-state index in [2.05, 4.69) is 28.6 Å². The lowest BCUT2D eigenvalue weighted by molar-refractivity contribution is 0.517. The molecule has 0 N–H and O–H groups in total. The minimum absolute atomic E-state index is 0.581. The monoisotopic (exact) mass is 364 g/mol. The average Bonchev–Trinajstić information content (AvgIpc) is 2.67. The summed E-state index contributed by atoms with van der Waals surface area (Å²) in [5.74, 6) is 0.581. The fourth-order valence-corrected chi connectivity index (χ4v) is 2.73. The second-order valence-electron chi connectivity index (χ2n) is 5.94. The first-order valence-electron chi connectivity index (χ1n) is 8.67. The minimum atomic E-state index is 0.581. The molecule has 132 valence electrons. The summed E-state index contributed by atoms with van der Waals surface area (Å²) in [6, 6.07) is 11.5. The van der Waals surface area contributed by atoms with Crippen LogP contribution in [0, 0.1) is 0 Å². The van der Waals surface area contributed by atoms with Crippen LogP contribution in [-0.4, -0.2) is 21.9 Å². The van der Waals surface area contributed by atoms with E-state index >= 15 is 0 Å². The first kappa shape index (κ1) is 18.1. The molecule has 0 bridgehead atoms. The maximum atomic E-state index is 6.00. The molecular formula is C21H21ClN4. The van der Waals surface area contributed by atoms with E-state index in [1.165, 1.54) is 0 Å². The molecular weight excluding hydrogens is 344 g/mol. The fraction of sp³-hybridized carbons (Fsp3) is 0.190. The Hall–Kier alpha value is -2.72. The third-order valence-corrected chi connectivity index (χ3v) is 4.25. The summed E-state index contributed by atoms with van der Waals surface area (Å²) in [5.41, 5.74) is 3.75. The molecule has 4 nitrogen and oxygen atoms in total. The number of aliphatic imine (C=N–C) groups is 1. The van der Waals surface area contributed by atoms with E-state index in [9.17, 15) is 0 Å². The predicted octanol–water partition coefficient (Wildman–Crippen LogP) is 5.53. The summed E-state index contributed by atoms with van der Waals surface area (Å²) < 4.78 is 0. The number of hydrogen-bond acceptors (Lipinski definition) is 4. The first-order chi connectivity index (χ1) is 12.7. The fourth-order valence-electron chi connectivity index (χ4n) is 2.61. The summed E-state index contributed by atoms with van der Waals surface area (Å²) in [6.07, 6.45) is 10.7. The van der Waals surface area contributed by atoms with Gasteiger partial charge in [0.1, 0.15) is 5.82 Å². The van der Waals surface area contributed by atoms with Gasteiger partial charge in [0.05, 0.1) is 11.4 Å². The van der Waals surface area contributed by atoms with Crippen LogP contribution in [0.5, 0.6) is 0 Å². The van der Waals surface area contributed by atoms with Crippen LogP contribution in [0.3, 0.4) is 0 Å². The summed E-state index contributed by atoms with van der Waals surface area (Å²) >= 11 is 6.00. The Morgan fingerprint density at radius 2 is 1.85 bits per heavy atom. The Bertz CT molecular complexity index is 851. The highest BCUT2D eigenvalue weighted by Crippen LogP contribution is 2.29. The lowest BCUT2D eigenvalue weighted by Crippen LogP contribution is -2.20. The number of rotatable bonds is 6. The average molecular weight is 365 g/mol. The van der Waals surface area contributed by atoms with E-state index < -0.39 is 0 Å². The highest BCUT2D eigenvalue weighted by Gasteiger charge is 2.20. The number of unbranched alkanes of at least 4 members (excludes halogenated alkanes) is 2. The van der Waals surface area contributed by atoms with Crippen molar-refractivity contribution in [1.82, 2.24) is 9.99 Å². The zero-order valence-electron chi connectivity index (χ0n) is 14.8. The van der Waals surface area contributed by atoms with Crippen molar-refractivity contribution in [2.75, 3.05) is 0 Å². The molecule has 1 aliphatic rings. The molecule has 1 aromatic carbocycles. The molecule has 2 heterocycles. The number of nitrogens with zero attached hydrogens (tertiary/aromatic N) is 4. The van der Waals surface area contributed by atoms with Gasteiger partial charge in [0, 0.05) is 34.8 Å². The van der Waals surface area contributed by atoms with Gasteiger partial charge in [-0.15, -0.1) is 0 Å². The second kappa shape index (κ2) is 8.59. The molecule has 0 spiro atoms. The Morgan fingerprint density at radius 3 is 2.54 bits per heavy atom. The maximum Gasteiger partial charge on any atom is 0.147 e. The second-order valence-corrected chi connectivity index (χ2v) is 6.37. The molecule has 0 atom stereocenters. The van der Waals surface area contributed by atoms with E-state index in [1.807, 2.05) is 48.7 Å². The van der Waals surface area contributed by atoms with Gasteiger partial charge >= 0.3 is 0 Å². The number of hydrogen-bond donors (Lipinski definition) is 0. The van der Waals surface area contributed by atoms with Crippen LogP contribution in [0.15, 0.2) is 77.4 Å². The Balaban J connectivity index is 1.98. The SMILES string of the molecule is C=C1N=C(c2ccc(Cl)cc2)C=C(c2ccncc2)N1/N=C\CCCC. The van der Waals surface area contributed by atoms with Crippen molar-refractivity contribution < 1.29 is 0 Å². The van der Waals surface area contributed by atoms with E-state index in [4.69, 9.17) is 11.6 Å². The summed E-state index contributed by atoms with van der Waals surface area (Å²) in [7, 11) is 0. The van der Waals surface area contributed by atoms with Crippen LogP contribution in [0.4, 0.5) is 0 Å². The largest absolute Gasteiger partial charge is 0.265 e. The molecule has 5 heteroatoms. The van der Waals surface area contributed by atoms with Gasteiger partial charge in [0.25, 0.3) is 0 Å². The van der Waals surface area contributed by atoms with Crippen LogP contribution in [0.2, 0.25) is 5.02 Å². The normalized spacial score (nSPS) is 14.5. The van der Waals surface area contributed by atoms with Crippen molar-refractivity contribution in [3.8, 4) is 0 Å². The van der Waals surface area contributed by atoms with Crippen molar-refractivity contribution in [2.24, 2.45) is 10.1 Å². The third kappa shape index (κ3) is 4.27. The van der Waals surface area contributed by atoms with Crippen molar-refractivity contribution in [3.63, 3.8) is 0 Å². The van der Waals surface area contributed by atoms with Gasteiger partial charge in [-0.2, -0.15) is 5.10 Å². The highest BCUT2D eigenvalue weighted by molar-refractivity contribution is 6.30. The van der Waals surface area contributed by atoms with Gasteiger partial charge < -0.3 is 0 Å². The molecule has 0 unspecified atom stereocenters. The van der Waals surface area contributed by atoms with Gasteiger partial charge in [-0.25, -0.2) is 10.0 Å². The molecule has 0 saturated heterocycles. The molecule has 2 aromatic rings. The van der Waals surface area contributed by atoms with Gasteiger partial charge in [0.15, 0.2) is 0 Å². The van der Waals surface area contributed by atoms with Crippen LogP contribution in [0.25, 0.3) is 5.70 Å².